The zero-order chi connectivity index (χ0) is 19.4. The third-order valence-corrected chi connectivity index (χ3v) is 4.26. The summed E-state index contributed by atoms with van der Waals surface area (Å²) in [6.07, 6.45) is 2.90. The minimum absolute atomic E-state index is 0.301. The lowest BCUT2D eigenvalue weighted by molar-refractivity contribution is 0.102. The molecule has 0 saturated heterocycles. The summed E-state index contributed by atoms with van der Waals surface area (Å²) in [5.41, 5.74) is 5.13. The predicted octanol–water partition coefficient (Wildman–Crippen LogP) is 4.51. The second-order valence-electron chi connectivity index (χ2n) is 6.51. The highest BCUT2D eigenvalue weighted by Gasteiger charge is 2.13. The van der Waals surface area contributed by atoms with E-state index in [1.165, 1.54) is 12.4 Å². The quantitative estimate of drug-likeness (QED) is 0.720. The van der Waals surface area contributed by atoms with Crippen molar-refractivity contribution in [3.63, 3.8) is 0 Å². The van der Waals surface area contributed by atoms with Crippen LogP contribution in [0, 0.1) is 20.8 Å². The Morgan fingerprint density at radius 2 is 1.37 bits per heavy atom. The first-order valence-electron chi connectivity index (χ1n) is 8.64. The van der Waals surface area contributed by atoms with Gasteiger partial charge in [0.2, 0.25) is 0 Å². The highest BCUT2D eigenvalue weighted by molar-refractivity contribution is 6.08. The average molecular weight is 359 g/mol. The first-order chi connectivity index (χ1) is 12.9. The number of nitrogens with zero attached hydrogens (tertiary/aromatic N) is 1. The van der Waals surface area contributed by atoms with E-state index in [2.05, 4.69) is 15.6 Å². The third kappa shape index (κ3) is 4.39. The van der Waals surface area contributed by atoms with Crippen LogP contribution in [0.2, 0.25) is 0 Å². The number of aryl methyl sites for hydroxylation is 3. The van der Waals surface area contributed by atoms with Crippen LogP contribution in [0.5, 0.6) is 0 Å². The number of anilines is 2. The molecule has 0 atom stereocenters. The molecule has 0 fully saturated rings. The summed E-state index contributed by atoms with van der Waals surface area (Å²) >= 11 is 0. The molecule has 0 unspecified atom stereocenters. The number of aromatic nitrogens is 1. The van der Waals surface area contributed by atoms with Gasteiger partial charge in [-0.15, -0.1) is 0 Å². The van der Waals surface area contributed by atoms with E-state index in [9.17, 15) is 9.59 Å². The van der Waals surface area contributed by atoms with Crippen LogP contribution in [-0.4, -0.2) is 16.8 Å². The fraction of sp³-hybridized carbons (Fsp3) is 0.136. The predicted molar refractivity (Wildman–Crippen MR) is 107 cm³/mol. The van der Waals surface area contributed by atoms with Crippen molar-refractivity contribution in [3.8, 4) is 0 Å². The molecular formula is C22H21N3O2. The second kappa shape index (κ2) is 7.83. The van der Waals surface area contributed by atoms with Crippen LogP contribution < -0.4 is 10.6 Å². The maximum absolute atomic E-state index is 12.6. The number of para-hydroxylation sites is 1. The molecule has 2 amide bonds. The van der Waals surface area contributed by atoms with Gasteiger partial charge in [-0.3, -0.25) is 14.6 Å². The fourth-order valence-electron chi connectivity index (χ4n) is 2.81. The van der Waals surface area contributed by atoms with E-state index in [-0.39, 0.29) is 11.8 Å². The standard InChI is InChI=1S/C22H21N3O2/c1-14-6-4-9-19(10-14)24-21(26)17-11-18(13-23-12-17)22(27)25-20-15(2)7-5-8-16(20)3/h4-13H,1-3H3,(H,24,26)(H,25,27). The molecule has 1 aromatic heterocycles. The lowest BCUT2D eigenvalue weighted by Crippen LogP contribution is -2.17. The van der Waals surface area contributed by atoms with Gasteiger partial charge in [-0.05, 0) is 55.7 Å². The molecule has 0 radical (unpaired) electrons. The molecule has 136 valence electrons. The van der Waals surface area contributed by atoms with Crippen molar-refractivity contribution in [2.75, 3.05) is 10.6 Å². The van der Waals surface area contributed by atoms with Crippen molar-refractivity contribution >= 4 is 23.2 Å². The number of pyridine rings is 1. The van der Waals surface area contributed by atoms with E-state index in [0.717, 1.165) is 22.4 Å². The molecule has 27 heavy (non-hydrogen) atoms. The molecule has 2 N–H and O–H groups in total. The number of rotatable bonds is 4. The van der Waals surface area contributed by atoms with E-state index in [4.69, 9.17) is 0 Å². The van der Waals surface area contributed by atoms with Gasteiger partial charge in [0.05, 0.1) is 11.1 Å². The summed E-state index contributed by atoms with van der Waals surface area (Å²) in [4.78, 5) is 29.1. The molecule has 3 aromatic rings. The zero-order valence-corrected chi connectivity index (χ0v) is 15.5. The van der Waals surface area contributed by atoms with E-state index < -0.39 is 0 Å². The Hall–Kier alpha value is -3.47. The number of carbonyl (C=O) groups is 2. The molecule has 5 heteroatoms. The molecule has 0 saturated carbocycles. The van der Waals surface area contributed by atoms with Crippen LogP contribution in [0.3, 0.4) is 0 Å². The van der Waals surface area contributed by atoms with Crippen molar-refractivity contribution in [1.82, 2.24) is 4.98 Å². The van der Waals surface area contributed by atoms with E-state index in [1.54, 1.807) is 6.07 Å². The smallest absolute Gasteiger partial charge is 0.257 e. The summed E-state index contributed by atoms with van der Waals surface area (Å²) in [7, 11) is 0. The van der Waals surface area contributed by atoms with Crippen LogP contribution in [-0.2, 0) is 0 Å². The molecular weight excluding hydrogens is 338 g/mol. The van der Waals surface area contributed by atoms with Gasteiger partial charge in [0, 0.05) is 23.8 Å². The van der Waals surface area contributed by atoms with Crippen LogP contribution >= 0.6 is 0 Å². The van der Waals surface area contributed by atoms with Gasteiger partial charge in [0.15, 0.2) is 0 Å². The molecule has 3 rings (SSSR count). The number of amides is 2. The second-order valence-corrected chi connectivity index (χ2v) is 6.51. The molecule has 0 aliphatic heterocycles. The lowest BCUT2D eigenvalue weighted by atomic mass is 10.1. The first kappa shape index (κ1) is 18.3. The Bertz CT molecular complexity index is 992. The van der Waals surface area contributed by atoms with Crippen LogP contribution in [0.25, 0.3) is 0 Å². The lowest BCUT2D eigenvalue weighted by Gasteiger charge is -2.12. The third-order valence-electron chi connectivity index (χ3n) is 4.26. The van der Waals surface area contributed by atoms with Gasteiger partial charge in [-0.1, -0.05) is 30.3 Å². The zero-order valence-electron chi connectivity index (χ0n) is 15.5. The average Bonchev–Trinajstić information content (AvgIpc) is 2.65. The topological polar surface area (TPSA) is 71.1 Å². The van der Waals surface area contributed by atoms with Gasteiger partial charge < -0.3 is 10.6 Å². The molecule has 5 nitrogen and oxygen atoms in total. The number of benzene rings is 2. The first-order valence-corrected chi connectivity index (χ1v) is 8.64. The molecule has 0 spiro atoms. The van der Waals surface area contributed by atoms with Gasteiger partial charge in [0.25, 0.3) is 11.8 Å². The van der Waals surface area contributed by atoms with Gasteiger partial charge >= 0.3 is 0 Å². The van der Waals surface area contributed by atoms with Crippen molar-refractivity contribution < 1.29 is 9.59 Å². The van der Waals surface area contributed by atoms with Gasteiger partial charge in [-0.25, -0.2) is 0 Å². The molecule has 2 aromatic carbocycles. The highest BCUT2D eigenvalue weighted by Crippen LogP contribution is 2.20. The van der Waals surface area contributed by atoms with Crippen LogP contribution in [0.4, 0.5) is 11.4 Å². The van der Waals surface area contributed by atoms with Crippen LogP contribution in [0.1, 0.15) is 37.4 Å². The molecule has 0 aliphatic carbocycles. The summed E-state index contributed by atoms with van der Waals surface area (Å²) in [5, 5.41) is 5.73. The Balaban J connectivity index is 1.78. The van der Waals surface area contributed by atoms with Crippen molar-refractivity contribution in [2.45, 2.75) is 20.8 Å². The fourth-order valence-corrected chi connectivity index (χ4v) is 2.81. The van der Waals surface area contributed by atoms with E-state index >= 15 is 0 Å². The van der Waals surface area contributed by atoms with Crippen molar-refractivity contribution in [1.29, 1.82) is 0 Å². The van der Waals surface area contributed by atoms with E-state index in [0.29, 0.717) is 16.8 Å². The minimum atomic E-state index is -0.310. The monoisotopic (exact) mass is 359 g/mol. The summed E-state index contributed by atoms with van der Waals surface area (Å²) in [6.45, 7) is 5.83. The molecule has 0 bridgehead atoms. The largest absolute Gasteiger partial charge is 0.322 e. The highest BCUT2D eigenvalue weighted by atomic mass is 16.2. The summed E-state index contributed by atoms with van der Waals surface area (Å²) in [6, 6.07) is 14.9. The number of hydrogen-bond acceptors (Lipinski definition) is 3. The van der Waals surface area contributed by atoms with E-state index in [1.807, 2.05) is 63.2 Å². The Morgan fingerprint density at radius 3 is 2.00 bits per heavy atom. The molecule has 0 aliphatic rings. The Kier molecular flexibility index (Phi) is 5.31. The Morgan fingerprint density at radius 1 is 0.778 bits per heavy atom. The van der Waals surface area contributed by atoms with Gasteiger partial charge in [-0.2, -0.15) is 0 Å². The number of hydrogen-bond donors (Lipinski definition) is 2. The van der Waals surface area contributed by atoms with Gasteiger partial charge in [0.1, 0.15) is 0 Å². The summed E-state index contributed by atoms with van der Waals surface area (Å²) < 4.78 is 0. The maximum atomic E-state index is 12.6. The van der Waals surface area contributed by atoms with Crippen molar-refractivity contribution in [2.24, 2.45) is 0 Å². The summed E-state index contributed by atoms with van der Waals surface area (Å²) in [5.74, 6) is -0.611. The minimum Gasteiger partial charge on any atom is -0.322 e. The number of nitrogens with one attached hydrogen (secondary N) is 2. The SMILES string of the molecule is Cc1cccc(NC(=O)c2cncc(C(=O)Nc3c(C)cccc3C)c2)c1. The van der Waals surface area contributed by atoms with Crippen LogP contribution in [0.15, 0.2) is 60.9 Å². The Labute approximate surface area is 158 Å². The maximum Gasteiger partial charge on any atom is 0.257 e. The van der Waals surface area contributed by atoms with Crippen molar-refractivity contribution in [3.05, 3.63) is 88.7 Å². The number of carbonyl (C=O) groups excluding carboxylic acids is 2. The molecule has 1 heterocycles. The normalized spacial score (nSPS) is 10.3.